The van der Waals surface area contributed by atoms with Gasteiger partial charge in [-0.3, -0.25) is 0 Å². The Balaban J connectivity index is 2.33. The Morgan fingerprint density at radius 3 is 2.53 bits per heavy atom. The Morgan fingerprint density at radius 2 is 1.94 bits per heavy atom. The Hall–Kier alpha value is -1.13. The fraction of sp³-hybridized carbons (Fsp3) is 0.308. The molecule has 0 saturated heterocycles. The van der Waals surface area contributed by atoms with E-state index in [0.29, 0.717) is 12.4 Å². The van der Waals surface area contributed by atoms with E-state index in [1.807, 2.05) is 24.3 Å². The number of hydrogen-bond donors (Lipinski definition) is 1. The van der Waals surface area contributed by atoms with Crippen molar-refractivity contribution in [3.63, 3.8) is 0 Å². The largest absolute Gasteiger partial charge is 0.444 e. The van der Waals surface area contributed by atoms with Crippen molar-refractivity contribution < 1.29 is 4.42 Å². The molecule has 17 heavy (non-hydrogen) atoms. The Labute approximate surface area is 109 Å². The Morgan fingerprint density at radius 1 is 1.29 bits per heavy atom. The lowest BCUT2D eigenvalue weighted by Crippen LogP contribution is -2.28. The molecule has 0 saturated carbocycles. The molecule has 1 aromatic heterocycles. The van der Waals surface area contributed by atoms with Gasteiger partial charge in [-0.15, -0.1) is 0 Å². The maximum atomic E-state index is 5.72. The maximum absolute atomic E-state index is 5.72. The predicted molar refractivity (Wildman–Crippen MR) is 71.7 cm³/mol. The van der Waals surface area contributed by atoms with Gasteiger partial charge >= 0.3 is 0 Å². The summed E-state index contributed by atoms with van der Waals surface area (Å²) in [6, 6.07) is 7.87. The summed E-state index contributed by atoms with van der Waals surface area (Å²) in [6.07, 6.45) is 1.68. The average Bonchev–Trinajstić information content (AvgIpc) is 2.80. The SMILES string of the molecule is CC(C)(CN)c1coc(-c2ccc(Br)cc2)n1. The van der Waals surface area contributed by atoms with Gasteiger partial charge in [0, 0.05) is 22.0 Å². The molecule has 2 rings (SSSR count). The highest BCUT2D eigenvalue weighted by atomic mass is 79.9. The van der Waals surface area contributed by atoms with E-state index in [9.17, 15) is 0 Å². The van der Waals surface area contributed by atoms with E-state index >= 15 is 0 Å². The minimum absolute atomic E-state index is 0.156. The van der Waals surface area contributed by atoms with Gasteiger partial charge in [-0.25, -0.2) is 4.98 Å². The first-order valence-corrected chi connectivity index (χ1v) is 6.24. The summed E-state index contributed by atoms with van der Waals surface area (Å²) < 4.78 is 6.53. The molecule has 2 N–H and O–H groups in total. The van der Waals surface area contributed by atoms with Gasteiger partial charge in [0.1, 0.15) is 6.26 Å². The molecule has 0 amide bonds. The second-order valence-electron chi connectivity index (χ2n) is 4.63. The number of halogens is 1. The summed E-state index contributed by atoms with van der Waals surface area (Å²) in [7, 11) is 0. The van der Waals surface area contributed by atoms with Crippen molar-refractivity contribution in [2.24, 2.45) is 5.73 Å². The van der Waals surface area contributed by atoms with Gasteiger partial charge < -0.3 is 10.2 Å². The number of hydrogen-bond acceptors (Lipinski definition) is 3. The highest BCUT2D eigenvalue weighted by Gasteiger charge is 2.23. The standard InChI is InChI=1S/C13H15BrN2O/c1-13(2,8-15)11-7-17-12(16-11)9-3-5-10(14)6-4-9/h3-7H,8,15H2,1-2H3. The van der Waals surface area contributed by atoms with Crippen molar-refractivity contribution in [3.05, 3.63) is 40.7 Å². The number of oxazole rings is 1. The molecule has 0 atom stereocenters. The van der Waals surface area contributed by atoms with E-state index in [2.05, 4.69) is 34.8 Å². The van der Waals surface area contributed by atoms with Gasteiger partial charge in [-0.05, 0) is 24.3 Å². The van der Waals surface area contributed by atoms with Crippen LogP contribution in [0.5, 0.6) is 0 Å². The number of nitrogens with two attached hydrogens (primary N) is 1. The van der Waals surface area contributed by atoms with Crippen LogP contribution in [0.1, 0.15) is 19.5 Å². The highest BCUT2D eigenvalue weighted by Crippen LogP contribution is 2.26. The summed E-state index contributed by atoms with van der Waals surface area (Å²) in [5.74, 6) is 0.633. The van der Waals surface area contributed by atoms with Gasteiger partial charge in [-0.2, -0.15) is 0 Å². The van der Waals surface area contributed by atoms with Gasteiger partial charge in [-0.1, -0.05) is 29.8 Å². The summed E-state index contributed by atoms with van der Waals surface area (Å²) in [6.45, 7) is 4.64. The lowest BCUT2D eigenvalue weighted by molar-refractivity contribution is 0.512. The lowest BCUT2D eigenvalue weighted by Gasteiger charge is -2.18. The minimum Gasteiger partial charge on any atom is -0.444 e. The van der Waals surface area contributed by atoms with Crippen LogP contribution in [0.15, 0.2) is 39.4 Å². The fourth-order valence-electron chi connectivity index (χ4n) is 1.41. The molecule has 0 aliphatic rings. The van der Waals surface area contributed by atoms with E-state index in [4.69, 9.17) is 10.2 Å². The van der Waals surface area contributed by atoms with E-state index in [1.54, 1.807) is 6.26 Å². The molecule has 1 heterocycles. The fourth-order valence-corrected chi connectivity index (χ4v) is 1.68. The molecule has 4 heteroatoms. The Bertz CT molecular complexity index is 502. The molecular weight excluding hydrogens is 280 g/mol. The van der Waals surface area contributed by atoms with Crippen LogP contribution in [0.3, 0.4) is 0 Å². The van der Waals surface area contributed by atoms with Crippen LogP contribution in [-0.2, 0) is 5.41 Å². The third-order valence-electron chi connectivity index (χ3n) is 2.80. The highest BCUT2D eigenvalue weighted by molar-refractivity contribution is 9.10. The zero-order chi connectivity index (χ0) is 12.5. The van der Waals surface area contributed by atoms with Crippen molar-refractivity contribution in [2.45, 2.75) is 19.3 Å². The summed E-state index contributed by atoms with van der Waals surface area (Å²) in [5.41, 5.74) is 7.41. The molecule has 0 aliphatic heterocycles. The monoisotopic (exact) mass is 294 g/mol. The topological polar surface area (TPSA) is 52.0 Å². The number of nitrogens with zero attached hydrogens (tertiary/aromatic N) is 1. The van der Waals surface area contributed by atoms with Crippen LogP contribution in [-0.4, -0.2) is 11.5 Å². The van der Waals surface area contributed by atoms with E-state index in [0.717, 1.165) is 15.7 Å². The van der Waals surface area contributed by atoms with Gasteiger partial charge in [0.05, 0.1) is 5.69 Å². The maximum Gasteiger partial charge on any atom is 0.226 e. The van der Waals surface area contributed by atoms with Crippen molar-refractivity contribution in [2.75, 3.05) is 6.54 Å². The molecule has 0 fully saturated rings. The first kappa shape index (κ1) is 12.3. The quantitative estimate of drug-likeness (QED) is 0.944. The zero-order valence-electron chi connectivity index (χ0n) is 9.90. The van der Waals surface area contributed by atoms with Crippen LogP contribution >= 0.6 is 15.9 Å². The van der Waals surface area contributed by atoms with Crippen molar-refractivity contribution >= 4 is 15.9 Å². The van der Waals surface area contributed by atoms with E-state index in [-0.39, 0.29) is 5.41 Å². The third-order valence-corrected chi connectivity index (χ3v) is 3.33. The molecule has 0 bridgehead atoms. The van der Waals surface area contributed by atoms with E-state index in [1.165, 1.54) is 0 Å². The third kappa shape index (κ3) is 2.58. The Kier molecular flexibility index (Phi) is 3.35. The smallest absolute Gasteiger partial charge is 0.226 e. The van der Waals surface area contributed by atoms with Gasteiger partial charge in [0.15, 0.2) is 0 Å². The summed E-state index contributed by atoms with van der Waals surface area (Å²) in [5, 5.41) is 0. The molecule has 0 spiro atoms. The molecule has 0 radical (unpaired) electrons. The van der Waals surface area contributed by atoms with Crippen LogP contribution in [0.25, 0.3) is 11.5 Å². The van der Waals surface area contributed by atoms with Crippen LogP contribution in [0.2, 0.25) is 0 Å². The summed E-state index contributed by atoms with van der Waals surface area (Å²) >= 11 is 3.40. The van der Waals surface area contributed by atoms with E-state index < -0.39 is 0 Å². The molecule has 3 nitrogen and oxygen atoms in total. The molecule has 0 unspecified atom stereocenters. The lowest BCUT2D eigenvalue weighted by atomic mass is 9.90. The molecule has 2 aromatic rings. The van der Waals surface area contributed by atoms with Crippen LogP contribution in [0, 0.1) is 0 Å². The second-order valence-corrected chi connectivity index (χ2v) is 5.55. The van der Waals surface area contributed by atoms with Gasteiger partial charge in [0.2, 0.25) is 5.89 Å². The minimum atomic E-state index is -0.156. The number of rotatable bonds is 3. The zero-order valence-corrected chi connectivity index (χ0v) is 11.5. The average molecular weight is 295 g/mol. The van der Waals surface area contributed by atoms with Crippen LogP contribution in [0.4, 0.5) is 0 Å². The normalized spacial score (nSPS) is 11.8. The molecular formula is C13H15BrN2O. The van der Waals surface area contributed by atoms with Gasteiger partial charge in [0.25, 0.3) is 0 Å². The van der Waals surface area contributed by atoms with Crippen LogP contribution < -0.4 is 5.73 Å². The van der Waals surface area contributed by atoms with Crippen molar-refractivity contribution in [1.82, 2.24) is 4.98 Å². The number of aromatic nitrogens is 1. The molecule has 0 aliphatic carbocycles. The first-order chi connectivity index (χ1) is 8.03. The first-order valence-electron chi connectivity index (χ1n) is 5.45. The molecule has 90 valence electrons. The van der Waals surface area contributed by atoms with Crippen molar-refractivity contribution in [1.29, 1.82) is 0 Å². The second kappa shape index (κ2) is 4.63. The number of benzene rings is 1. The van der Waals surface area contributed by atoms with Crippen molar-refractivity contribution in [3.8, 4) is 11.5 Å². The molecule has 1 aromatic carbocycles. The summed E-state index contributed by atoms with van der Waals surface area (Å²) in [4.78, 5) is 4.49. The predicted octanol–water partition coefficient (Wildman–Crippen LogP) is 3.34.